The van der Waals surface area contributed by atoms with Crippen molar-refractivity contribution in [1.29, 1.82) is 0 Å². The number of hydrogen-bond acceptors (Lipinski definition) is 4. The van der Waals surface area contributed by atoms with Gasteiger partial charge in [-0.15, -0.1) is 0 Å². The van der Waals surface area contributed by atoms with Crippen LogP contribution in [0.4, 0.5) is 0 Å². The highest BCUT2D eigenvalue weighted by Crippen LogP contribution is 2.23. The van der Waals surface area contributed by atoms with Gasteiger partial charge in [0.2, 0.25) is 0 Å². The zero-order valence-electron chi connectivity index (χ0n) is 12.5. The van der Waals surface area contributed by atoms with Gasteiger partial charge in [-0.3, -0.25) is 0 Å². The molecule has 0 N–H and O–H groups in total. The molecule has 23 heavy (non-hydrogen) atoms. The summed E-state index contributed by atoms with van der Waals surface area (Å²) in [5.74, 6) is 0.319. The zero-order valence-corrected chi connectivity index (χ0v) is 13.2. The molecule has 0 aliphatic carbocycles. The van der Waals surface area contributed by atoms with Crippen LogP contribution >= 0.6 is 11.6 Å². The maximum Gasteiger partial charge on any atom is 0.368 e. The van der Waals surface area contributed by atoms with E-state index < -0.39 is 5.97 Å². The van der Waals surface area contributed by atoms with Crippen LogP contribution in [0.2, 0.25) is 5.02 Å². The molecule has 0 unspecified atom stereocenters. The lowest BCUT2D eigenvalue weighted by Gasteiger charge is -2.04. The van der Waals surface area contributed by atoms with Crippen molar-refractivity contribution in [2.45, 2.75) is 6.92 Å². The van der Waals surface area contributed by atoms with E-state index in [1.165, 1.54) is 0 Å². The number of rotatable bonds is 4. The van der Waals surface area contributed by atoms with Gasteiger partial charge in [0.25, 0.3) is 0 Å². The van der Waals surface area contributed by atoms with Crippen LogP contribution in [0.5, 0.6) is 5.75 Å². The van der Waals surface area contributed by atoms with Crippen LogP contribution in [-0.2, 0) is 9.63 Å². The fourth-order valence-corrected chi connectivity index (χ4v) is 2.34. The highest BCUT2D eigenvalue weighted by atomic mass is 35.5. The van der Waals surface area contributed by atoms with E-state index in [2.05, 4.69) is 5.16 Å². The van der Waals surface area contributed by atoms with Gasteiger partial charge in [-0.05, 0) is 42.8 Å². The van der Waals surface area contributed by atoms with E-state index in [9.17, 15) is 4.79 Å². The van der Waals surface area contributed by atoms with Crippen molar-refractivity contribution in [3.8, 4) is 5.75 Å². The lowest BCUT2D eigenvalue weighted by Crippen LogP contribution is -2.06. The summed E-state index contributed by atoms with van der Waals surface area (Å²) in [5, 5.41) is 4.49. The quantitative estimate of drug-likeness (QED) is 0.628. The Morgan fingerprint density at radius 1 is 1.13 bits per heavy atom. The number of benzene rings is 2. The molecule has 2 aromatic rings. The van der Waals surface area contributed by atoms with E-state index >= 15 is 0 Å². The predicted octanol–water partition coefficient (Wildman–Crippen LogP) is 4.08. The summed E-state index contributed by atoms with van der Waals surface area (Å²) < 4.78 is 5.41. The summed E-state index contributed by atoms with van der Waals surface area (Å²) in [6.45, 7) is 2.54. The third-order valence-corrected chi connectivity index (χ3v) is 3.57. The molecule has 0 aromatic heterocycles. The van der Waals surface area contributed by atoms with Crippen LogP contribution in [0, 0.1) is 0 Å². The van der Waals surface area contributed by atoms with Crippen LogP contribution in [0.1, 0.15) is 18.1 Å². The van der Waals surface area contributed by atoms with Gasteiger partial charge in [-0.25, -0.2) is 4.79 Å². The first-order valence-electron chi connectivity index (χ1n) is 7.17. The molecule has 0 amide bonds. The van der Waals surface area contributed by atoms with Crippen LogP contribution in [0.15, 0.2) is 59.3 Å². The Balaban J connectivity index is 1.91. The summed E-state index contributed by atoms with van der Waals surface area (Å²) in [5.41, 5.74) is 2.55. The average Bonchev–Trinajstić information content (AvgIpc) is 2.91. The van der Waals surface area contributed by atoms with Crippen molar-refractivity contribution in [3.63, 3.8) is 0 Å². The van der Waals surface area contributed by atoms with Crippen molar-refractivity contribution in [2.24, 2.45) is 5.16 Å². The molecule has 1 aliphatic rings. The Kier molecular flexibility index (Phi) is 4.44. The standard InChI is InChI=1S/C18H14ClNO3/c1-2-22-15-9-3-12(4-10-15)11-16-17(20-23-18(16)21)13-5-7-14(19)8-6-13/h3-11H,2H2,1H3/b16-11+. The summed E-state index contributed by atoms with van der Waals surface area (Å²) >= 11 is 5.89. The number of carbonyl (C=O) groups excluding carboxylic acids is 1. The molecule has 0 spiro atoms. The maximum atomic E-state index is 11.9. The van der Waals surface area contributed by atoms with Gasteiger partial charge in [0.05, 0.1) is 12.2 Å². The molecule has 1 aliphatic heterocycles. The fraction of sp³-hybridized carbons (Fsp3) is 0.111. The SMILES string of the molecule is CCOc1ccc(/C=C2/C(=O)ON=C2c2ccc(Cl)cc2)cc1. The van der Waals surface area contributed by atoms with E-state index in [4.69, 9.17) is 21.2 Å². The summed E-state index contributed by atoms with van der Waals surface area (Å²) in [6.07, 6.45) is 1.75. The van der Waals surface area contributed by atoms with Gasteiger partial charge in [0, 0.05) is 10.6 Å². The van der Waals surface area contributed by atoms with Crippen LogP contribution in [0.25, 0.3) is 6.08 Å². The van der Waals surface area contributed by atoms with Gasteiger partial charge >= 0.3 is 5.97 Å². The van der Waals surface area contributed by atoms with Crippen molar-refractivity contribution >= 4 is 29.4 Å². The highest BCUT2D eigenvalue weighted by Gasteiger charge is 2.26. The Bertz CT molecular complexity index is 777. The van der Waals surface area contributed by atoms with Gasteiger partial charge in [0.15, 0.2) is 0 Å². The predicted molar refractivity (Wildman–Crippen MR) is 89.7 cm³/mol. The first-order valence-corrected chi connectivity index (χ1v) is 7.55. The maximum absolute atomic E-state index is 11.9. The second kappa shape index (κ2) is 6.67. The summed E-state index contributed by atoms with van der Waals surface area (Å²) in [4.78, 5) is 16.8. The van der Waals surface area contributed by atoms with Gasteiger partial charge in [-0.2, -0.15) is 0 Å². The highest BCUT2D eigenvalue weighted by molar-refractivity contribution is 6.32. The molecule has 0 radical (unpaired) electrons. The largest absolute Gasteiger partial charge is 0.494 e. The Morgan fingerprint density at radius 2 is 1.83 bits per heavy atom. The summed E-state index contributed by atoms with van der Waals surface area (Å²) in [6, 6.07) is 14.6. The lowest BCUT2D eigenvalue weighted by molar-refractivity contribution is -0.136. The fourth-order valence-electron chi connectivity index (χ4n) is 2.22. The number of ether oxygens (including phenoxy) is 1. The minimum Gasteiger partial charge on any atom is -0.494 e. The van der Waals surface area contributed by atoms with Crippen molar-refractivity contribution < 1.29 is 14.4 Å². The molecular weight excluding hydrogens is 314 g/mol. The van der Waals surface area contributed by atoms with Crippen LogP contribution in [-0.4, -0.2) is 18.3 Å². The topological polar surface area (TPSA) is 47.9 Å². The van der Waals surface area contributed by atoms with E-state index in [1.54, 1.807) is 30.3 Å². The molecule has 5 heteroatoms. The first-order chi connectivity index (χ1) is 11.2. The van der Waals surface area contributed by atoms with E-state index in [1.807, 2.05) is 31.2 Å². The smallest absolute Gasteiger partial charge is 0.368 e. The minimum atomic E-state index is -0.469. The van der Waals surface area contributed by atoms with Crippen LogP contribution < -0.4 is 4.74 Å². The number of nitrogens with zero attached hydrogens (tertiary/aromatic N) is 1. The third-order valence-electron chi connectivity index (χ3n) is 3.31. The van der Waals surface area contributed by atoms with Gasteiger partial charge in [0.1, 0.15) is 11.5 Å². The third kappa shape index (κ3) is 3.43. The molecule has 0 saturated carbocycles. The molecule has 0 saturated heterocycles. The molecule has 2 aromatic carbocycles. The van der Waals surface area contributed by atoms with E-state index in [0.29, 0.717) is 22.9 Å². The number of halogens is 1. The Morgan fingerprint density at radius 3 is 2.48 bits per heavy atom. The van der Waals surface area contributed by atoms with Crippen molar-refractivity contribution in [1.82, 2.24) is 0 Å². The monoisotopic (exact) mass is 327 g/mol. The van der Waals surface area contributed by atoms with E-state index in [-0.39, 0.29) is 0 Å². The normalized spacial score (nSPS) is 15.5. The minimum absolute atomic E-state index is 0.413. The van der Waals surface area contributed by atoms with Gasteiger partial charge in [-0.1, -0.05) is 41.0 Å². The van der Waals surface area contributed by atoms with Crippen LogP contribution in [0.3, 0.4) is 0 Å². The van der Waals surface area contributed by atoms with Crippen molar-refractivity contribution in [3.05, 3.63) is 70.3 Å². The molecule has 0 bridgehead atoms. The second-order valence-electron chi connectivity index (χ2n) is 4.89. The van der Waals surface area contributed by atoms with Gasteiger partial charge < -0.3 is 9.57 Å². The number of carbonyl (C=O) groups is 1. The Hall–Kier alpha value is -2.59. The molecule has 0 atom stereocenters. The van der Waals surface area contributed by atoms with Crippen molar-refractivity contribution in [2.75, 3.05) is 6.61 Å². The molecule has 1 heterocycles. The lowest BCUT2D eigenvalue weighted by atomic mass is 10.0. The average molecular weight is 328 g/mol. The second-order valence-corrected chi connectivity index (χ2v) is 5.32. The zero-order chi connectivity index (χ0) is 16.2. The molecule has 4 nitrogen and oxygen atoms in total. The summed E-state index contributed by atoms with van der Waals surface area (Å²) in [7, 11) is 0. The molecular formula is C18H14ClNO3. The first kappa shape index (κ1) is 15.3. The Labute approximate surface area is 139 Å². The molecule has 116 valence electrons. The molecule has 0 fully saturated rings. The number of oxime groups is 1. The van der Waals surface area contributed by atoms with E-state index in [0.717, 1.165) is 16.9 Å². The number of hydrogen-bond donors (Lipinski definition) is 0. The molecule has 3 rings (SSSR count).